The molecule has 0 aliphatic carbocycles. The van der Waals surface area contributed by atoms with E-state index in [0.29, 0.717) is 19.1 Å². The number of aliphatic imine (C=N–C) groups is 1. The van der Waals surface area contributed by atoms with Crippen LogP contribution in [0.3, 0.4) is 0 Å². The fourth-order valence-corrected chi connectivity index (χ4v) is 3.47. The number of allylic oxidation sites excluding steroid dienone is 1. The van der Waals surface area contributed by atoms with Gasteiger partial charge in [-0.15, -0.1) is 0 Å². The largest absolute Gasteiger partial charge is 0.383 e. The molecule has 3 N–H and O–H groups in total. The lowest BCUT2D eigenvalue weighted by atomic mass is 10.1. The Balaban J connectivity index is 1.85. The highest BCUT2D eigenvalue weighted by atomic mass is 32.2. The summed E-state index contributed by atoms with van der Waals surface area (Å²) in [6.07, 6.45) is 6.82. The molecule has 0 spiro atoms. The highest BCUT2D eigenvalue weighted by Crippen LogP contribution is 2.42. The number of nitrogens with zero attached hydrogens (tertiary/aromatic N) is 3. The number of fused-ring (bicyclic) bond motifs is 1. The monoisotopic (exact) mass is 367 g/mol. The molecule has 0 fully saturated rings. The standard InChI is InChI=1S/C19H21N5OS/c1-3-8-22-19-18(20)24(13-25-2)16-10-14(6-7-17(16)26-19)11-23-15-5-4-9-21-12-15/h3-10,12,23H,1,11,13,20H2,2H3/b22-8-. The molecule has 1 aromatic carbocycles. The van der Waals surface area contributed by atoms with E-state index in [-0.39, 0.29) is 0 Å². The van der Waals surface area contributed by atoms with Crippen molar-refractivity contribution in [1.29, 1.82) is 0 Å². The summed E-state index contributed by atoms with van der Waals surface area (Å²) >= 11 is 1.54. The number of pyridine rings is 1. The number of methoxy groups -OCH3 is 1. The number of ether oxygens (including phenoxy) is 1. The molecule has 7 heteroatoms. The molecular weight excluding hydrogens is 346 g/mol. The van der Waals surface area contributed by atoms with Crippen LogP contribution in [-0.4, -0.2) is 25.0 Å². The SMILES string of the molecule is C=C/C=N\C1=C(N)N(COC)c2cc(CNc3cccnc3)ccc2S1. The Bertz CT molecular complexity index is 835. The third kappa shape index (κ3) is 4.07. The number of hydrogen-bond donors (Lipinski definition) is 2. The van der Waals surface area contributed by atoms with Gasteiger partial charge >= 0.3 is 0 Å². The average Bonchev–Trinajstić information content (AvgIpc) is 2.68. The number of aromatic nitrogens is 1. The highest BCUT2D eigenvalue weighted by molar-refractivity contribution is 8.03. The van der Waals surface area contributed by atoms with Gasteiger partial charge in [-0.3, -0.25) is 4.98 Å². The number of hydrogen-bond acceptors (Lipinski definition) is 7. The molecule has 0 saturated carbocycles. The molecule has 3 rings (SSSR count). The van der Waals surface area contributed by atoms with E-state index < -0.39 is 0 Å². The fourth-order valence-electron chi connectivity index (χ4n) is 2.52. The minimum atomic E-state index is 0.353. The summed E-state index contributed by atoms with van der Waals surface area (Å²) in [5.41, 5.74) is 9.44. The molecule has 0 saturated heterocycles. The zero-order valence-electron chi connectivity index (χ0n) is 14.6. The lowest BCUT2D eigenvalue weighted by molar-refractivity contribution is 0.202. The van der Waals surface area contributed by atoms with Crippen LogP contribution in [0.25, 0.3) is 0 Å². The number of nitrogens with two attached hydrogens (primary N) is 1. The third-order valence-electron chi connectivity index (χ3n) is 3.74. The molecule has 0 bridgehead atoms. The Hall–Kier alpha value is -2.77. The van der Waals surface area contributed by atoms with E-state index in [0.717, 1.165) is 26.9 Å². The van der Waals surface area contributed by atoms with Crippen molar-refractivity contribution in [2.24, 2.45) is 10.7 Å². The van der Waals surface area contributed by atoms with Crippen LogP contribution >= 0.6 is 11.8 Å². The summed E-state index contributed by atoms with van der Waals surface area (Å²) in [4.78, 5) is 11.5. The van der Waals surface area contributed by atoms with Crippen LogP contribution in [0.2, 0.25) is 0 Å². The molecule has 0 amide bonds. The van der Waals surface area contributed by atoms with Crippen molar-refractivity contribution >= 4 is 29.4 Å². The molecule has 2 heterocycles. The van der Waals surface area contributed by atoms with Crippen LogP contribution in [-0.2, 0) is 11.3 Å². The van der Waals surface area contributed by atoms with Gasteiger partial charge < -0.3 is 20.7 Å². The van der Waals surface area contributed by atoms with Gasteiger partial charge in [0.25, 0.3) is 0 Å². The second-order valence-electron chi connectivity index (χ2n) is 5.55. The van der Waals surface area contributed by atoms with Gasteiger partial charge in [-0.2, -0.15) is 0 Å². The number of thioether (sulfide) groups is 1. The van der Waals surface area contributed by atoms with Crippen LogP contribution in [0.4, 0.5) is 11.4 Å². The number of rotatable bonds is 7. The van der Waals surface area contributed by atoms with E-state index in [9.17, 15) is 0 Å². The second kappa shape index (κ2) is 8.55. The van der Waals surface area contributed by atoms with Crippen LogP contribution in [0.1, 0.15) is 5.56 Å². The molecule has 1 aliphatic heterocycles. The van der Waals surface area contributed by atoms with Gasteiger partial charge in [-0.25, -0.2) is 4.99 Å². The first-order valence-electron chi connectivity index (χ1n) is 8.09. The zero-order chi connectivity index (χ0) is 18.4. The average molecular weight is 367 g/mol. The number of benzene rings is 1. The summed E-state index contributed by atoms with van der Waals surface area (Å²) in [6.45, 7) is 4.70. The second-order valence-corrected chi connectivity index (χ2v) is 6.58. The van der Waals surface area contributed by atoms with Gasteiger partial charge in [0.1, 0.15) is 17.6 Å². The van der Waals surface area contributed by atoms with Gasteiger partial charge in [0, 0.05) is 37.2 Å². The van der Waals surface area contributed by atoms with Gasteiger partial charge in [0.05, 0.1) is 11.4 Å². The van der Waals surface area contributed by atoms with Gasteiger partial charge in [-0.05, 0) is 29.8 Å². The first-order valence-corrected chi connectivity index (χ1v) is 8.90. The predicted octanol–water partition coefficient (Wildman–Crippen LogP) is 3.55. The smallest absolute Gasteiger partial charge is 0.141 e. The first-order chi connectivity index (χ1) is 12.7. The van der Waals surface area contributed by atoms with Crippen molar-refractivity contribution in [2.75, 3.05) is 24.1 Å². The maximum atomic E-state index is 6.31. The van der Waals surface area contributed by atoms with Gasteiger partial charge in [-0.1, -0.05) is 30.5 Å². The molecule has 2 aromatic rings. The van der Waals surface area contributed by atoms with E-state index >= 15 is 0 Å². The van der Waals surface area contributed by atoms with Gasteiger partial charge in [0.2, 0.25) is 0 Å². The molecule has 0 radical (unpaired) electrons. The normalized spacial score (nSPS) is 13.8. The van der Waals surface area contributed by atoms with Crippen LogP contribution < -0.4 is 16.0 Å². The summed E-state index contributed by atoms with van der Waals surface area (Å²) in [6, 6.07) is 10.2. The predicted molar refractivity (Wildman–Crippen MR) is 108 cm³/mol. The Labute approximate surface area is 157 Å². The Morgan fingerprint density at radius 2 is 2.31 bits per heavy atom. The molecule has 134 valence electrons. The van der Waals surface area contributed by atoms with E-state index in [1.807, 2.05) is 17.0 Å². The maximum absolute atomic E-state index is 6.31. The van der Waals surface area contributed by atoms with Crippen molar-refractivity contribution in [3.8, 4) is 0 Å². The summed E-state index contributed by atoms with van der Waals surface area (Å²) in [5.74, 6) is 0.569. The zero-order valence-corrected chi connectivity index (χ0v) is 15.4. The Morgan fingerprint density at radius 3 is 3.04 bits per heavy atom. The highest BCUT2D eigenvalue weighted by Gasteiger charge is 2.24. The molecule has 26 heavy (non-hydrogen) atoms. The van der Waals surface area contributed by atoms with Crippen molar-refractivity contribution in [2.45, 2.75) is 11.4 Å². The number of nitrogens with one attached hydrogen (secondary N) is 1. The first kappa shape index (κ1) is 18.0. The summed E-state index contributed by atoms with van der Waals surface area (Å²) in [7, 11) is 1.65. The van der Waals surface area contributed by atoms with Crippen molar-refractivity contribution in [3.63, 3.8) is 0 Å². The summed E-state index contributed by atoms with van der Waals surface area (Å²) in [5, 5.41) is 4.10. The minimum Gasteiger partial charge on any atom is -0.383 e. The van der Waals surface area contributed by atoms with E-state index in [2.05, 4.69) is 40.1 Å². The van der Waals surface area contributed by atoms with E-state index in [1.54, 1.807) is 31.8 Å². The van der Waals surface area contributed by atoms with Crippen molar-refractivity contribution in [3.05, 3.63) is 71.8 Å². The Morgan fingerprint density at radius 1 is 1.42 bits per heavy atom. The van der Waals surface area contributed by atoms with Crippen molar-refractivity contribution in [1.82, 2.24) is 4.98 Å². The Kier molecular flexibility index (Phi) is 5.93. The maximum Gasteiger partial charge on any atom is 0.141 e. The fraction of sp³-hybridized carbons (Fsp3) is 0.158. The quantitative estimate of drug-likeness (QED) is 0.729. The molecule has 6 nitrogen and oxygen atoms in total. The van der Waals surface area contributed by atoms with Crippen molar-refractivity contribution < 1.29 is 4.74 Å². The van der Waals surface area contributed by atoms with E-state index in [4.69, 9.17) is 10.5 Å². The summed E-state index contributed by atoms with van der Waals surface area (Å²) < 4.78 is 5.34. The van der Waals surface area contributed by atoms with Gasteiger partial charge in [0.15, 0.2) is 0 Å². The topological polar surface area (TPSA) is 75.8 Å². The molecule has 0 unspecified atom stereocenters. The molecule has 1 aromatic heterocycles. The molecular formula is C19H21N5OS. The lowest BCUT2D eigenvalue weighted by Crippen LogP contribution is -2.32. The minimum absolute atomic E-state index is 0.353. The van der Waals surface area contributed by atoms with Crippen LogP contribution in [0, 0.1) is 0 Å². The van der Waals surface area contributed by atoms with Crippen LogP contribution in [0.15, 0.2) is 76.1 Å². The molecule has 0 atom stereocenters. The van der Waals surface area contributed by atoms with Crippen LogP contribution in [0.5, 0.6) is 0 Å². The number of anilines is 2. The van der Waals surface area contributed by atoms with E-state index in [1.165, 1.54) is 11.8 Å². The molecule has 1 aliphatic rings. The third-order valence-corrected chi connectivity index (χ3v) is 4.82. The lowest BCUT2D eigenvalue weighted by Gasteiger charge is -2.31.